The lowest BCUT2D eigenvalue weighted by Crippen LogP contribution is -2.24. The summed E-state index contributed by atoms with van der Waals surface area (Å²) < 4.78 is 5.26. The number of benzene rings is 1. The van der Waals surface area contributed by atoms with Crippen molar-refractivity contribution in [1.29, 1.82) is 0 Å². The minimum Gasteiger partial charge on any atom is -0.339 e. The normalized spacial score (nSPS) is 13.4. The molecule has 0 N–H and O–H groups in total. The lowest BCUT2D eigenvalue weighted by molar-refractivity contribution is -0.114. The van der Waals surface area contributed by atoms with Gasteiger partial charge in [-0.05, 0) is 21.0 Å². The average Bonchev–Trinajstić information content (AvgIpc) is 2.96. The summed E-state index contributed by atoms with van der Waals surface area (Å²) in [6.45, 7) is 3.90. The van der Waals surface area contributed by atoms with Gasteiger partial charge < -0.3 is 4.52 Å². The SMILES string of the molecule is CC(Cc1nc(-c2ccccc2)no1)C(=O)SC(C)N(C)C.Cl. The maximum Gasteiger partial charge on any atom is 0.227 e. The van der Waals surface area contributed by atoms with Crippen LogP contribution in [0.4, 0.5) is 0 Å². The molecule has 0 aliphatic carbocycles. The summed E-state index contributed by atoms with van der Waals surface area (Å²) in [5.74, 6) is 0.902. The fraction of sp³-hybridized carbons (Fsp3) is 0.438. The molecule has 23 heavy (non-hydrogen) atoms. The first-order valence-corrected chi connectivity index (χ1v) is 8.10. The monoisotopic (exact) mass is 355 g/mol. The van der Waals surface area contributed by atoms with Crippen LogP contribution in [0.3, 0.4) is 0 Å². The summed E-state index contributed by atoms with van der Waals surface area (Å²) >= 11 is 1.34. The third-order valence-electron chi connectivity index (χ3n) is 3.40. The van der Waals surface area contributed by atoms with E-state index in [4.69, 9.17) is 4.52 Å². The first-order chi connectivity index (χ1) is 10.5. The Kier molecular flexibility index (Phi) is 7.75. The number of carbonyl (C=O) groups excluding carboxylic acids is 1. The fourth-order valence-corrected chi connectivity index (χ4v) is 2.64. The van der Waals surface area contributed by atoms with Crippen LogP contribution in [0, 0.1) is 5.92 Å². The third-order valence-corrected chi connectivity index (χ3v) is 4.79. The minimum absolute atomic E-state index is 0. The molecule has 0 aliphatic heterocycles. The van der Waals surface area contributed by atoms with E-state index in [1.807, 2.05) is 63.2 Å². The maximum absolute atomic E-state index is 12.2. The molecule has 2 rings (SSSR count). The predicted molar refractivity (Wildman–Crippen MR) is 95.6 cm³/mol. The Morgan fingerprint density at radius 2 is 1.91 bits per heavy atom. The maximum atomic E-state index is 12.2. The summed E-state index contributed by atoms with van der Waals surface area (Å²) in [4.78, 5) is 18.6. The molecule has 126 valence electrons. The molecule has 0 amide bonds. The van der Waals surface area contributed by atoms with E-state index < -0.39 is 0 Å². The number of halogens is 1. The molecular weight excluding hydrogens is 334 g/mol. The molecule has 1 aromatic carbocycles. The minimum atomic E-state index is -0.156. The molecule has 1 heterocycles. The highest BCUT2D eigenvalue weighted by atomic mass is 35.5. The zero-order chi connectivity index (χ0) is 16.1. The van der Waals surface area contributed by atoms with Gasteiger partial charge in [0, 0.05) is 17.9 Å². The highest BCUT2D eigenvalue weighted by Gasteiger charge is 2.21. The topological polar surface area (TPSA) is 59.2 Å². The van der Waals surface area contributed by atoms with Gasteiger partial charge in [0.25, 0.3) is 0 Å². The van der Waals surface area contributed by atoms with Crippen LogP contribution in [-0.2, 0) is 11.2 Å². The molecule has 2 unspecified atom stereocenters. The Balaban J connectivity index is 0.00000264. The van der Waals surface area contributed by atoms with Crippen molar-refractivity contribution in [1.82, 2.24) is 15.0 Å². The fourth-order valence-electron chi connectivity index (χ4n) is 1.78. The zero-order valence-corrected chi connectivity index (χ0v) is 15.4. The zero-order valence-electron chi connectivity index (χ0n) is 13.7. The number of carbonyl (C=O) groups is 1. The second-order valence-electron chi connectivity index (χ2n) is 5.48. The molecule has 0 bridgehead atoms. The van der Waals surface area contributed by atoms with E-state index in [1.165, 1.54) is 11.8 Å². The van der Waals surface area contributed by atoms with Crippen LogP contribution in [-0.4, -0.2) is 39.6 Å². The van der Waals surface area contributed by atoms with E-state index in [0.29, 0.717) is 18.1 Å². The van der Waals surface area contributed by atoms with Crippen LogP contribution >= 0.6 is 24.2 Å². The van der Waals surface area contributed by atoms with Gasteiger partial charge in [0.15, 0.2) is 5.12 Å². The number of aromatic nitrogens is 2. The first kappa shape index (κ1) is 19.7. The highest BCUT2D eigenvalue weighted by molar-refractivity contribution is 8.14. The summed E-state index contributed by atoms with van der Waals surface area (Å²) in [7, 11) is 3.92. The molecule has 7 heteroatoms. The van der Waals surface area contributed by atoms with Crippen molar-refractivity contribution in [3.05, 3.63) is 36.2 Å². The lowest BCUT2D eigenvalue weighted by atomic mass is 10.1. The molecule has 2 atom stereocenters. The van der Waals surface area contributed by atoms with E-state index in [2.05, 4.69) is 10.1 Å². The standard InChI is InChI=1S/C16H21N3O2S.ClH/c1-11(16(20)22-12(2)19(3)4)10-14-17-15(18-21-14)13-8-6-5-7-9-13;/h5-9,11-12H,10H2,1-4H3;1H. The Labute approximate surface area is 147 Å². The van der Waals surface area contributed by atoms with Gasteiger partial charge in [0.2, 0.25) is 11.7 Å². The summed E-state index contributed by atoms with van der Waals surface area (Å²) in [6, 6.07) is 9.65. The van der Waals surface area contributed by atoms with E-state index in [0.717, 1.165) is 5.56 Å². The largest absolute Gasteiger partial charge is 0.339 e. The van der Waals surface area contributed by atoms with Crippen molar-refractivity contribution in [2.24, 2.45) is 5.92 Å². The summed E-state index contributed by atoms with van der Waals surface area (Å²) in [5, 5.41) is 4.27. The van der Waals surface area contributed by atoms with Gasteiger partial charge in [-0.1, -0.05) is 54.2 Å². The number of nitrogens with zero attached hydrogens (tertiary/aromatic N) is 3. The molecule has 0 radical (unpaired) electrons. The molecule has 1 aromatic heterocycles. The van der Waals surface area contributed by atoms with Crippen molar-refractivity contribution in [2.75, 3.05) is 14.1 Å². The van der Waals surface area contributed by atoms with Gasteiger partial charge in [-0.15, -0.1) is 12.4 Å². The van der Waals surface area contributed by atoms with Crippen LogP contribution in [0.25, 0.3) is 11.4 Å². The van der Waals surface area contributed by atoms with Crippen LogP contribution in [0.15, 0.2) is 34.9 Å². The van der Waals surface area contributed by atoms with Crippen LogP contribution in [0.2, 0.25) is 0 Å². The van der Waals surface area contributed by atoms with E-state index in [-0.39, 0.29) is 28.8 Å². The quantitative estimate of drug-likeness (QED) is 0.739. The number of thioether (sulfide) groups is 1. The second-order valence-corrected chi connectivity index (χ2v) is 6.80. The smallest absolute Gasteiger partial charge is 0.227 e. The third kappa shape index (κ3) is 5.64. The van der Waals surface area contributed by atoms with Gasteiger partial charge in [-0.3, -0.25) is 9.69 Å². The van der Waals surface area contributed by atoms with Gasteiger partial charge >= 0.3 is 0 Å². The van der Waals surface area contributed by atoms with Crippen molar-refractivity contribution < 1.29 is 9.32 Å². The predicted octanol–water partition coefficient (Wildman–Crippen LogP) is 3.50. The molecule has 0 spiro atoms. The second kappa shape index (κ2) is 9.05. The number of rotatable bonds is 6. The molecular formula is C16H22ClN3O2S. The first-order valence-electron chi connectivity index (χ1n) is 7.22. The number of hydrogen-bond donors (Lipinski definition) is 0. The highest BCUT2D eigenvalue weighted by Crippen LogP contribution is 2.22. The van der Waals surface area contributed by atoms with Gasteiger partial charge in [0.05, 0.1) is 5.37 Å². The molecule has 0 aliphatic rings. The lowest BCUT2D eigenvalue weighted by Gasteiger charge is -2.19. The van der Waals surface area contributed by atoms with E-state index in [9.17, 15) is 4.79 Å². The summed E-state index contributed by atoms with van der Waals surface area (Å²) in [5.41, 5.74) is 0.909. The molecule has 2 aromatic rings. The van der Waals surface area contributed by atoms with Gasteiger partial charge in [-0.25, -0.2) is 0 Å². The molecule has 0 saturated heterocycles. The average molecular weight is 356 g/mol. The van der Waals surface area contributed by atoms with Crippen molar-refractivity contribution >= 4 is 29.3 Å². The Hall–Kier alpha value is -1.37. The number of hydrogen-bond acceptors (Lipinski definition) is 6. The Morgan fingerprint density at radius 3 is 2.52 bits per heavy atom. The Bertz CT molecular complexity index is 619. The molecule has 5 nitrogen and oxygen atoms in total. The van der Waals surface area contributed by atoms with Crippen molar-refractivity contribution in [2.45, 2.75) is 25.6 Å². The van der Waals surface area contributed by atoms with Crippen molar-refractivity contribution in [3.8, 4) is 11.4 Å². The van der Waals surface area contributed by atoms with Gasteiger partial charge in [-0.2, -0.15) is 4.98 Å². The summed E-state index contributed by atoms with van der Waals surface area (Å²) in [6.07, 6.45) is 0.464. The van der Waals surface area contributed by atoms with Crippen LogP contribution in [0.1, 0.15) is 19.7 Å². The van der Waals surface area contributed by atoms with Crippen molar-refractivity contribution in [3.63, 3.8) is 0 Å². The van der Waals surface area contributed by atoms with E-state index >= 15 is 0 Å². The molecule has 0 saturated carbocycles. The van der Waals surface area contributed by atoms with Crippen LogP contribution < -0.4 is 0 Å². The van der Waals surface area contributed by atoms with E-state index in [1.54, 1.807) is 0 Å². The van der Waals surface area contributed by atoms with Crippen LogP contribution in [0.5, 0.6) is 0 Å². The van der Waals surface area contributed by atoms with Gasteiger partial charge in [0.1, 0.15) is 0 Å². The molecule has 0 fully saturated rings. The Morgan fingerprint density at radius 1 is 1.26 bits per heavy atom.